The molecule has 56 heavy (non-hydrogen) atoms. The van der Waals surface area contributed by atoms with E-state index in [2.05, 4.69) is 16.2 Å². The number of anilines is 2. The molecule has 0 saturated carbocycles. The van der Waals surface area contributed by atoms with Crippen LogP contribution in [0.4, 0.5) is 10.7 Å². The lowest BCUT2D eigenvalue weighted by atomic mass is 9.90. The first kappa shape index (κ1) is 37.9. The van der Waals surface area contributed by atoms with Crippen molar-refractivity contribution in [3.05, 3.63) is 121 Å². The Labute approximate surface area is 333 Å². The molecule has 0 radical (unpaired) electrons. The van der Waals surface area contributed by atoms with Crippen molar-refractivity contribution in [2.45, 2.75) is 33.2 Å². The number of nitrogens with zero attached hydrogens (tertiary/aromatic N) is 2. The van der Waals surface area contributed by atoms with Crippen LogP contribution in [0.15, 0.2) is 93.1 Å². The van der Waals surface area contributed by atoms with E-state index >= 15 is 0 Å². The number of thiophene rings is 1. The van der Waals surface area contributed by atoms with Gasteiger partial charge in [0.05, 0.1) is 17.7 Å². The molecular weight excluding hydrogens is 774 g/mol. The average molecular weight is 806 g/mol. The van der Waals surface area contributed by atoms with Gasteiger partial charge in [0, 0.05) is 55.4 Å². The number of carboxylic acid groups (broad SMARTS) is 1. The van der Waals surface area contributed by atoms with E-state index in [4.69, 9.17) is 44.0 Å². The molecule has 1 aliphatic carbocycles. The van der Waals surface area contributed by atoms with Crippen LogP contribution in [-0.4, -0.2) is 50.6 Å². The van der Waals surface area contributed by atoms with E-state index in [1.807, 2.05) is 26.0 Å². The number of hydrogen-bond donors (Lipinski definition) is 7. The third-order valence-corrected chi connectivity index (χ3v) is 10.9. The summed E-state index contributed by atoms with van der Waals surface area (Å²) in [5.74, 6) is -1.58. The molecule has 7 rings (SSSR count). The van der Waals surface area contributed by atoms with Gasteiger partial charge in [0.15, 0.2) is 10.5 Å². The number of amidine groups is 2. The van der Waals surface area contributed by atoms with Crippen molar-refractivity contribution in [1.82, 2.24) is 10.9 Å². The van der Waals surface area contributed by atoms with Crippen molar-refractivity contribution in [3.8, 4) is 28.2 Å². The number of aryl methyl sites for hydroxylation is 1. The predicted octanol–water partition coefficient (Wildman–Crippen LogP) is 7.71. The first-order chi connectivity index (χ1) is 26.7. The van der Waals surface area contributed by atoms with Gasteiger partial charge in [0.2, 0.25) is 5.91 Å². The average Bonchev–Trinajstić information content (AvgIpc) is 3.36. The molecule has 4 aromatic rings. The van der Waals surface area contributed by atoms with E-state index in [9.17, 15) is 24.6 Å². The van der Waals surface area contributed by atoms with Crippen LogP contribution in [0.25, 0.3) is 33.4 Å². The molecule has 1 unspecified atom stereocenters. The fraction of sp³-hybridized carbons (Fsp3) is 0.125. The number of thiocarbonyl (C=S) groups is 1. The highest BCUT2D eigenvalue weighted by Crippen LogP contribution is 2.43. The van der Waals surface area contributed by atoms with Crippen molar-refractivity contribution >= 4 is 91.2 Å². The van der Waals surface area contributed by atoms with Gasteiger partial charge in [0.1, 0.15) is 39.8 Å². The zero-order chi connectivity index (χ0) is 40.0. The molecule has 1 amide bonds. The number of aromatic hydroxyl groups is 1. The molecule has 3 aliphatic rings. The quantitative estimate of drug-likeness (QED) is 0.0287. The minimum Gasteiger partial charge on any atom is -0.508 e. The summed E-state index contributed by atoms with van der Waals surface area (Å²) in [6.07, 6.45) is -0.267. The van der Waals surface area contributed by atoms with E-state index in [0.717, 1.165) is 21.6 Å². The first-order valence-electron chi connectivity index (χ1n) is 17.0. The molecule has 3 heterocycles. The lowest BCUT2D eigenvalue weighted by molar-refractivity contribution is -0.121. The SMILES string of the molecule is CC(=N)N1C(=N)C(CC(=O)NNC(=S)Nc2ccc(-c3c4ccc(=O)cc-4oc4cc(O)ccc34)c(C(=O)O)c2)N=C(c2ccc(Cl)cc2)c2c1sc(C)c2C. The van der Waals surface area contributed by atoms with Gasteiger partial charge in [-0.05, 0) is 92.6 Å². The second-order valence-corrected chi connectivity index (χ2v) is 15.0. The van der Waals surface area contributed by atoms with Crippen LogP contribution in [0.5, 0.6) is 5.75 Å². The number of amides is 1. The van der Waals surface area contributed by atoms with Crippen LogP contribution < -0.4 is 26.5 Å². The smallest absolute Gasteiger partial charge is 0.336 e. The topological polar surface area (TPSA) is 204 Å². The van der Waals surface area contributed by atoms with Crippen LogP contribution in [0.2, 0.25) is 5.02 Å². The molecule has 0 fully saturated rings. The molecule has 16 heteroatoms. The van der Waals surface area contributed by atoms with E-state index < -0.39 is 17.9 Å². The maximum Gasteiger partial charge on any atom is 0.336 e. The number of carboxylic acids is 1. The summed E-state index contributed by atoms with van der Waals surface area (Å²) >= 11 is 13.1. The summed E-state index contributed by atoms with van der Waals surface area (Å²) in [6.45, 7) is 5.52. The Bertz CT molecular complexity index is 2710. The number of carbonyl (C=O) groups excluding carboxylic acids is 1. The summed E-state index contributed by atoms with van der Waals surface area (Å²) in [5.41, 5.74) is 9.70. The summed E-state index contributed by atoms with van der Waals surface area (Å²) in [6, 6.07) is 19.4. The third-order valence-electron chi connectivity index (χ3n) is 9.25. The molecule has 2 aliphatic heterocycles. The van der Waals surface area contributed by atoms with Crippen LogP contribution in [0, 0.1) is 24.7 Å². The standard InChI is InChI=1S/C40H32ClN7O6S2/c1-18-19(2)56-38-34(18)36(21-4-6-22(41)7-5-21)45-30(37(43)48(38)20(3)42)17-33(51)46-47-40(55)44-23-8-11-26(29(14-23)39(52)53)35-27-12-9-24(49)15-31(27)54-32-16-25(50)10-13-28(32)35/h4-16,30,42-43,49H,17H2,1-3H3,(H,46,51)(H,52,53)(H2,44,47,55). The highest BCUT2D eigenvalue weighted by Gasteiger charge is 2.35. The normalized spacial score (nSPS) is 13.9. The zero-order valence-corrected chi connectivity index (χ0v) is 32.3. The molecule has 0 spiro atoms. The number of hydrazine groups is 1. The molecule has 13 nitrogen and oxygen atoms in total. The van der Waals surface area contributed by atoms with Crippen molar-refractivity contribution in [3.63, 3.8) is 0 Å². The fourth-order valence-corrected chi connectivity index (χ4v) is 8.09. The van der Waals surface area contributed by atoms with Crippen LogP contribution in [0.3, 0.4) is 0 Å². The maximum atomic E-state index is 13.4. The van der Waals surface area contributed by atoms with E-state index in [0.29, 0.717) is 43.5 Å². The second kappa shape index (κ2) is 15.0. The van der Waals surface area contributed by atoms with Gasteiger partial charge in [-0.2, -0.15) is 0 Å². The van der Waals surface area contributed by atoms with Gasteiger partial charge in [-0.25, -0.2) is 4.79 Å². The maximum absolute atomic E-state index is 13.4. The minimum absolute atomic E-state index is 0.0426. The number of carbonyl (C=O) groups is 2. The molecule has 282 valence electrons. The van der Waals surface area contributed by atoms with Crippen molar-refractivity contribution in [2.24, 2.45) is 4.99 Å². The summed E-state index contributed by atoms with van der Waals surface area (Å²) in [4.78, 5) is 45.7. The van der Waals surface area contributed by atoms with Crippen LogP contribution in [0.1, 0.15) is 45.3 Å². The predicted molar refractivity (Wildman–Crippen MR) is 224 cm³/mol. The lowest BCUT2D eigenvalue weighted by Gasteiger charge is -2.24. The Kier molecular flexibility index (Phi) is 10.2. The molecule has 7 N–H and O–H groups in total. The van der Waals surface area contributed by atoms with E-state index in [1.54, 1.807) is 43.3 Å². The summed E-state index contributed by atoms with van der Waals surface area (Å²) in [7, 11) is 0. The Morgan fingerprint density at radius 1 is 1.00 bits per heavy atom. The van der Waals surface area contributed by atoms with Gasteiger partial charge >= 0.3 is 5.97 Å². The van der Waals surface area contributed by atoms with Crippen LogP contribution >= 0.6 is 35.2 Å². The molecule has 3 aromatic carbocycles. The van der Waals surface area contributed by atoms with Crippen molar-refractivity contribution in [1.29, 1.82) is 10.8 Å². The molecule has 1 atom stereocenters. The minimum atomic E-state index is -1.24. The van der Waals surface area contributed by atoms with Crippen molar-refractivity contribution in [2.75, 3.05) is 10.2 Å². The second-order valence-electron chi connectivity index (χ2n) is 13.0. The number of aliphatic imine (C=N–C) groups is 1. The van der Waals surface area contributed by atoms with E-state index in [-0.39, 0.29) is 51.3 Å². The Hall–Kier alpha value is -6.42. The fourth-order valence-electron chi connectivity index (χ4n) is 6.57. The lowest BCUT2D eigenvalue weighted by Crippen LogP contribution is -2.47. The highest BCUT2D eigenvalue weighted by atomic mass is 35.5. The number of phenols is 1. The number of rotatable bonds is 6. The number of aromatic carboxylic acids is 1. The van der Waals surface area contributed by atoms with Crippen LogP contribution in [-0.2, 0) is 4.79 Å². The third kappa shape index (κ3) is 7.22. The molecule has 0 bridgehead atoms. The highest BCUT2D eigenvalue weighted by molar-refractivity contribution is 7.80. The number of benzene rings is 4. The van der Waals surface area contributed by atoms with E-state index in [1.165, 1.54) is 46.6 Å². The monoisotopic (exact) mass is 805 g/mol. The van der Waals surface area contributed by atoms with Gasteiger partial charge in [-0.3, -0.25) is 41.2 Å². The first-order valence-corrected chi connectivity index (χ1v) is 18.6. The van der Waals surface area contributed by atoms with Gasteiger partial charge in [-0.15, -0.1) is 11.3 Å². The molecule has 1 aromatic heterocycles. The van der Waals surface area contributed by atoms with Crippen molar-refractivity contribution < 1.29 is 24.2 Å². The Morgan fingerprint density at radius 2 is 1.73 bits per heavy atom. The number of phenolic OH excluding ortho intramolecular Hbond substituents is 1. The Morgan fingerprint density at radius 3 is 2.45 bits per heavy atom. The number of nitrogens with one attached hydrogen (secondary N) is 5. The number of hydrogen-bond acceptors (Lipinski definition) is 10. The zero-order valence-electron chi connectivity index (χ0n) is 29.9. The Balaban J connectivity index is 1.12. The molecular formula is C40H32ClN7O6S2. The van der Waals surface area contributed by atoms with Gasteiger partial charge in [0.25, 0.3) is 0 Å². The summed E-state index contributed by atoms with van der Waals surface area (Å²) < 4.78 is 5.90. The van der Waals surface area contributed by atoms with Gasteiger partial charge < -0.3 is 19.9 Å². The molecule has 0 saturated heterocycles. The number of halogens is 1. The number of fused-ring (bicyclic) bond motifs is 3. The van der Waals surface area contributed by atoms with Gasteiger partial charge in [-0.1, -0.05) is 29.8 Å². The largest absolute Gasteiger partial charge is 0.508 e. The summed E-state index contributed by atoms with van der Waals surface area (Å²) in [5, 5.41) is 42.7.